The molecular formula is C21H26N4O2. The lowest BCUT2D eigenvalue weighted by atomic mass is 9.94. The highest BCUT2D eigenvalue weighted by atomic mass is 16.5. The van der Waals surface area contributed by atoms with Crippen LogP contribution in [0.1, 0.15) is 40.3 Å². The van der Waals surface area contributed by atoms with Crippen LogP contribution in [0, 0.1) is 24.2 Å². The molecule has 0 radical (unpaired) electrons. The Morgan fingerprint density at radius 2 is 2.15 bits per heavy atom. The number of rotatable bonds is 6. The summed E-state index contributed by atoms with van der Waals surface area (Å²) in [6.07, 6.45) is 4.89. The van der Waals surface area contributed by atoms with Crippen LogP contribution in [0.2, 0.25) is 0 Å². The SMILES string of the molecule is COCCn1c(C)cnc1CC1CCCN(C(=O)c2ccc(C#N)cc2)C1. The highest BCUT2D eigenvalue weighted by Gasteiger charge is 2.26. The number of hydrogen-bond donors (Lipinski definition) is 0. The number of carbonyl (C=O) groups excluding carboxylic acids is 1. The van der Waals surface area contributed by atoms with Crippen LogP contribution < -0.4 is 0 Å². The van der Waals surface area contributed by atoms with Gasteiger partial charge in [-0.25, -0.2) is 4.98 Å². The maximum atomic E-state index is 12.8. The molecule has 0 saturated carbocycles. The number of piperidine rings is 1. The molecule has 6 nitrogen and oxygen atoms in total. The number of carbonyl (C=O) groups is 1. The maximum absolute atomic E-state index is 12.8. The summed E-state index contributed by atoms with van der Waals surface area (Å²) in [6, 6.07) is 8.97. The fourth-order valence-electron chi connectivity index (χ4n) is 3.71. The third kappa shape index (κ3) is 4.55. The van der Waals surface area contributed by atoms with Crippen LogP contribution >= 0.6 is 0 Å². The molecule has 0 bridgehead atoms. The van der Waals surface area contributed by atoms with E-state index in [2.05, 4.69) is 22.5 Å². The Morgan fingerprint density at radius 3 is 2.85 bits per heavy atom. The van der Waals surface area contributed by atoms with Crippen LogP contribution in [0.15, 0.2) is 30.5 Å². The number of hydrogen-bond acceptors (Lipinski definition) is 4. The van der Waals surface area contributed by atoms with Gasteiger partial charge in [0.15, 0.2) is 0 Å². The number of nitriles is 1. The lowest BCUT2D eigenvalue weighted by Gasteiger charge is -2.33. The van der Waals surface area contributed by atoms with Crippen molar-refractivity contribution in [2.75, 3.05) is 26.8 Å². The Bertz CT molecular complexity index is 820. The lowest BCUT2D eigenvalue weighted by Crippen LogP contribution is -2.40. The van der Waals surface area contributed by atoms with E-state index in [0.29, 0.717) is 23.7 Å². The van der Waals surface area contributed by atoms with Crippen molar-refractivity contribution in [3.8, 4) is 6.07 Å². The number of nitrogens with zero attached hydrogens (tertiary/aromatic N) is 4. The van der Waals surface area contributed by atoms with Gasteiger partial charge in [-0.05, 0) is 49.9 Å². The smallest absolute Gasteiger partial charge is 0.253 e. The molecule has 1 aromatic carbocycles. The van der Waals surface area contributed by atoms with E-state index in [1.165, 1.54) is 0 Å². The first kappa shape index (κ1) is 19.1. The fraction of sp³-hybridized carbons (Fsp3) is 0.476. The molecule has 1 aromatic heterocycles. The van der Waals surface area contributed by atoms with Crippen molar-refractivity contribution in [2.45, 2.75) is 32.7 Å². The number of imidazole rings is 1. The average molecular weight is 366 g/mol. The van der Waals surface area contributed by atoms with E-state index in [1.807, 2.05) is 11.1 Å². The predicted molar refractivity (Wildman–Crippen MR) is 102 cm³/mol. The summed E-state index contributed by atoms with van der Waals surface area (Å²) in [5, 5.41) is 8.91. The van der Waals surface area contributed by atoms with Crippen LogP contribution in [0.5, 0.6) is 0 Å². The molecule has 1 aliphatic heterocycles. The summed E-state index contributed by atoms with van der Waals surface area (Å²) in [5.74, 6) is 1.52. The summed E-state index contributed by atoms with van der Waals surface area (Å²) in [4.78, 5) is 19.3. The predicted octanol–water partition coefficient (Wildman–Crippen LogP) is 2.80. The molecule has 3 rings (SSSR count). The number of ether oxygens (including phenoxy) is 1. The molecule has 1 aliphatic rings. The van der Waals surface area contributed by atoms with Crippen molar-refractivity contribution in [1.82, 2.24) is 14.5 Å². The van der Waals surface area contributed by atoms with Crippen molar-refractivity contribution in [1.29, 1.82) is 5.26 Å². The summed E-state index contributed by atoms with van der Waals surface area (Å²) in [6.45, 7) is 5.06. The minimum atomic E-state index is 0.0445. The van der Waals surface area contributed by atoms with E-state index in [0.717, 1.165) is 50.4 Å². The van der Waals surface area contributed by atoms with Gasteiger partial charge in [-0.2, -0.15) is 5.26 Å². The van der Waals surface area contributed by atoms with Crippen molar-refractivity contribution >= 4 is 5.91 Å². The molecule has 2 heterocycles. The van der Waals surface area contributed by atoms with Crippen molar-refractivity contribution in [3.63, 3.8) is 0 Å². The number of benzene rings is 1. The normalized spacial score (nSPS) is 16.9. The molecule has 1 amide bonds. The second-order valence-corrected chi connectivity index (χ2v) is 7.11. The quantitative estimate of drug-likeness (QED) is 0.788. The van der Waals surface area contributed by atoms with Crippen molar-refractivity contribution in [2.24, 2.45) is 5.92 Å². The Morgan fingerprint density at radius 1 is 1.37 bits per heavy atom. The summed E-state index contributed by atoms with van der Waals surface area (Å²) < 4.78 is 7.42. The third-order valence-corrected chi connectivity index (χ3v) is 5.20. The van der Waals surface area contributed by atoms with E-state index in [1.54, 1.807) is 31.4 Å². The number of aromatic nitrogens is 2. The van der Waals surface area contributed by atoms with Gasteiger partial charge in [0.05, 0.1) is 18.2 Å². The molecule has 1 atom stereocenters. The van der Waals surface area contributed by atoms with E-state index in [9.17, 15) is 4.79 Å². The molecule has 2 aromatic rings. The molecule has 6 heteroatoms. The van der Waals surface area contributed by atoms with Crippen molar-refractivity contribution in [3.05, 3.63) is 53.1 Å². The third-order valence-electron chi connectivity index (χ3n) is 5.20. The summed E-state index contributed by atoms with van der Waals surface area (Å²) in [7, 11) is 1.71. The van der Waals surface area contributed by atoms with Crippen LogP contribution in [0.4, 0.5) is 0 Å². The molecule has 0 N–H and O–H groups in total. The Kier molecular flexibility index (Phi) is 6.25. The first-order chi connectivity index (χ1) is 13.1. The standard InChI is InChI=1S/C21H26N4O2/c1-16-14-23-20(25(16)10-11-27-2)12-18-4-3-9-24(15-18)21(26)19-7-5-17(13-22)6-8-19/h5-8,14,18H,3-4,9-12,15H2,1-2H3. The first-order valence-electron chi connectivity index (χ1n) is 9.41. The maximum Gasteiger partial charge on any atom is 0.253 e. The highest BCUT2D eigenvalue weighted by molar-refractivity contribution is 5.94. The molecule has 0 spiro atoms. The van der Waals surface area contributed by atoms with Gasteiger partial charge in [0, 0.05) is 50.6 Å². The van der Waals surface area contributed by atoms with Gasteiger partial charge in [-0.15, -0.1) is 0 Å². The van der Waals surface area contributed by atoms with E-state index < -0.39 is 0 Å². The van der Waals surface area contributed by atoms with E-state index in [4.69, 9.17) is 10.00 Å². The topological polar surface area (TPSA) is 71.2 Å². The van der Waals surface area contributed by atoms with Gasteiger partial charge in [0.25, 0.3) is 5.91 Å². The van der Waals surface area contributed by atoms with E-state index in [-0.39, 0.29) is 5.91 Å². The lowest BCUT2D eigenvalue weighted by molar-refractivity contribution is 0.0671. The Balaban J connectivity index is 1.66. The van der Waals surface area contributed by atoms with Gasteiger partial charge < -0.3 is 14.2 Å². The van der Waals surface area contributed by atoms with Gasteiger partial charge in [-0.1, -0.05) is 0 Å². The monoisotopic (exact) mass is 366 g/mol. The largest absolute Gasteiger partial charge is 0.383 e. The summed E-state index contributed by atoms with van der Waals surface area (Å²) >= 11 is 0. The second-order valence-electron chi connectivity index (χ2n) is 7.11. The molecular weight excluding hydrogens is 340 g/mol. The van der Waals surface area contributed by atoms with Crippen molar-refractivity contribution < 1.29 is 9.53 Å². The highest BCUT2D eigenvalue weighted by Crippen LogP contribution is 2.22. The minimum absolute atomic E-state index is 0.0445. The van der Waals surface area contributed by atoms with Crippen LogP contribution in [0.25, 0.3) is 0 Å². The number of amides is 1. The van der Waals surface area contributed by atoms with Crippen LogP contribution in [0.3, 0.4) is 0 Å². The number of aryl methyl sites for hydroxylation is 1. The molecule has 1 unspecified atom stereocenters. The van der Waals surface area contributed by atoms with Gasteiger partial charge in [-0.3, -0.25) is 4.79 Å². The molecule has 142 valence electrons. The summed E-state index contributed by atoms with van der Waals surface area (Å²) in [5.41, 5.74) is 2.36. The average Bonchev–Trinajstić information content (AvgIpc) is 3.05. The molecule has 1 fully saturated rings. The van der Waals surface area contributed by atoms with Gasteiger partial charge in [0.2, 0.25) is 0 Å². The van der Waals surface area contributed by atoms with Gasteiger partial charge >= 0.3 is 0 Å². The van der Waals surface area contributed by atoms with Gasteiger partial charge in [0.1, 0.15) is 5.82 Å². The minimum Gasteiger partial charge on any atom is -0.383 e. The fourth-order valence-corrected chi connectivity index (χ4v) is 3.71. The van der Waals surface area contributed by atoms with Crippen LogP contribution in [-0.2, 0) is 17.7 Å². The molecule has 0 aliphatic carbocycles. The van der Waals surface area contributed by atoms with E-state index >= 15 is 0 Å². The molecule has 1 saturated heterocycles. The Hall–Kier alpha value is -2.65. The zero-order valence-corrected chi connectivity index (χ0v) is 16.0. The Labute approximate surface area is 160 Å². The first-order valence-corrected chi connectivity index (χ1v) is 9.41. The van der Waals surface area contributed by atoms with Crippen LogP contribution in [-0.4, -0.2) is 47.2 Å². The zero-order chi connectivity index (χ0) is 19.2. The molecule has 27 heavy (non-hydrogen) atoms. The second kappa shape index (κ2) is 8.83. The number of likely N-dealkylation sites (tertiary alicyclic amines) is 1. The zero-order valence-electron chi connectivity index (χ0n) is 16.0. The number of methoxy groups -OCH3 is 1.